The molecule has 1 aliphatic heterocycles. The van der Waals surface area contributed by atoms with E-state index in [4.69, 9.17) is 0 Å². The Bertz CT molecular complexity index is 679. The monoisotopic (exact) mass is 352 g/mol. The van der Waals surface area contributed by atoms with Crippen molar-refractivity contribution in [1.29, 1.82) is 0 Å². The van der Waals surface area contributed by atoms with Crippen LogP contribution in [0.4, 0.5) is 11.5 Å². The molecule has 2 heterocycles. The fraction of sp³-hybridized carbons (Fsp3) is 0.429. The van der Waals surface area contributed by atoms with E-state index in [2.05, 4.69) is 46.4 Å². The fourth-order valence-electron chi connectivity index (χ4n) is 3.21. The summed E-state index contributed by atoms with van der Waals surface area (Å²) in [6.45, 7) is 6.32. The first-order valence-electron chi connectivity index (χ1n) is 9.57. The van der Waals surface area contributed by atoms with Crippen molar-refractivity contribution in [1.82, 2.24) is 9.88 Å². The summed E-state index contributed by atoms with van der Waals surface area (Å²) in [5.41, 5.74) is 1.89. The van der Waals surface area contributed by atoms with Gasteiger partial charge < -0.3 is 15.1 Å². The largest absolute Gasteiger partial charge is 0.370 e. The smallest absolute Gasteiger partial charge is 0.255 e. The summed E-state index contributed by atoms with van der Waals surface area (Å²) in [6.07, 6.45) is 5.26. The van der Waals surface area contributed by atoms with Gasteiger partial charge in [0.05, 0.1) is 5.56 Å². The Morgan fingerprint density at radius 1 is 1.04 bits per heavy atom. The average Bonchev–Trinajstić information content (AvgIpc) is 2.72. The van der Waals surface area contributed by atoms with Crippen molar-refractivity contribution in [2.45, 2.75) is 26.2 Å². The number of carbonyl (C=O) groups is 1. The van der Waals surface area contributed by atoms with E-state index in [0.717, 1.165) is 45.0 Å². The van der Waals surface area contributed by atoms with Gasteiger partial charge in [-0.2, -0.15) is 0 Å². The van der Waals surface area contributed by atoms with Gasteiger partial charge in [-0.25, -0.2) is 4.98 Å². The number of nitrogens with one attached hydrogen (secondary N) is 1. The number of unbranched alkanes of at least 4 members (excludes halogenated alkanes) is 2. The lowest BCUT2D eigenvalue weighted by atomic mass is 10.2. The molecule has 0 spiro atoms. The average molecular weight is 352 g/mol. The molecular formula is C21H28N4O. The summed E-state index contributed by atoms with van der Waals surface area (Å²) in [4.78, 5) is 21.3. The number of para-hydroxylation sites is 1. The van der Waals surface area contributed by atoms with E-state index in [0.29, 0.717) is 5.56 Å². The third kappa shape index (κ3) is 4.75. The Labute approximate surface area is 156 Å². The quantitative estimate of drug-likeness (QED) is 0.773. The molecule has 2 aromatic rings. The number of benzene rings is 1. The van der Waals surface area contributed by atoms with Crippen LogP contribution in [0.3, 0.4) is 0 Å². The van der Waals surface area contributed by atoms with E-state index in [1.54, 1.807) is 6.20 Å². The minimum atomic E-state index is 0.0720. The molecule has 0 bridgehead atoms. The SMILES string of the molecule is CCCCCNc1ccc(C(=O)N2CCN(c3ccccc3)CC2)cn1. The molecule has 0 aliphatic carbocycles. The Morgan fingerprint density at radius 2 is 1.81 bits per heavy atom. The van der Waals surface area contributed by atoms with E-state index in [1.165, 1.54) is 18.5 Å². The molecule has 1 aromatic carbocycles. The molecule has 0 saturated carbocycles. The first kappa shape index (κ1) is 18.2. The van der Waals surface area contributed by atoms with Crippen LogP contribution in [0.25, 0.3) is 0 Å². The van der Waals surface area contributed by atoms with Crippen LogP contribution in [0.2, 0.25) is 0 Å². The van der Waals surface area contributed by atoms with Gasteiger partial charge in [-0.15, -0.1) is 0 Å². The van der Waals surface area contributed by atoms with Crippen LogP contribution in [0, 0.1) is 0 Å². The lowest BCUT2D eigenvalue weighted by Gasteiger charge is -2.36. The van der Waals surface area contributed by atoms with Crippen LogP contribution in [0.5, 0.6) is 0 Å². The predicted molar refractivity (Wildman–Crippen MR) is 107 cm³/mol. The number of piperazine rings is 1. The number of hydrogen-bond donors (Lipinski definition) is 1. The van der Waals surface area contributed by atoms with E-state index in [-0.39, 0.29) is 5.91 Å². The molecule has 0 atom stereocenters. The summed E-state index contributed by atoms with van der Waals surface area (Å²) in [6, 6.07) is 14.1. The molecule has 5 heteroatoms. The number of anilines is 2. The molecule has 5 nitrogen and oxygen atoms in total. The van der Waals surface area contributed by atoms with Gasteiger partial charge in [0.1, 0.15) is 5.82 Å². The highest BCUT2D eigenvalue weighted by Crippen LogP contribution is 2.17. The maximum absolute atomic E-state index is 12.7. The number of hydrogen-bond acceptors (Lipinski definition) is 4. The van der Waals surface area contributed by atoms with Gasteiger partial charge >= 0.3 is 0 Å². The predicted octanol–water partition coefficient (Wildman–Crippen LogP) is 3.65. The van der Waals surface area contributed by atoms with Gasteiger partial charge in [0, 0.05) is 44.6 Å². The number of amides is 1. The second-order valence-corrected chi connectivity index (χ2v) is 6.68. The molecule has 1 aliphatic rings. The van der Waals surface area contributed by atoms with Crippen molar-refractivity contribution in [2.24, 2.45) is 0 Å². The standard InChI is InChI=1S/C21H28N4O/c1-2-3-7-12-22-20-11-10-18(17-23-20)21(26)25-15-13-24(14-16-25)19-8-5-4-6-9-19/h4-6,8-11,17H,2-3,7,12-16H2,1H3,(H,22,23). The maximum atomic E-state index is 12.7. The molecule has 1 N–H and O–H groups in total. The van der Waals surface area contributed by atoms with Gasteiger partial charge in [-0.1, -0.05) is 38.0 Å². The highest BCUT2D eigenvalue weighted by Gasteiger charge is 2.22. The zero-order valence-corrected chi connectivity index (χ0v) is 15.5. The van der Waals surface area contributed by atoms with Crippen molar-refractivity contribution in [3.63, 3.8) is 0 Å². The van der Waals surface area contributed by atoms with Crippen molar-refractivity contribution in [2.75, 3.05) is 42.9 Å². The van der Waals surface area contributed by atoms with Gasteiger partial charge in [0.15, 0.2) is 0 Å². The summed E-state index contributed by atoms with van der Waals surface area (Å²) >= 11 is 0. The normalized spacial score (nSPS) is 14.3. The lowest BCUT2D eigenvalue weighted by Crippen LogP contribution is -2.48. The van der Waals surface area contributed by atoms with Crippen LogP contribution in [-0.4, -0.2) is 48.5 Å². The minimum Gasteiger partial charge on any atom is -0.370 e. The molecule has 3 rings (SSSR count). The van der Waals surface area contributed by atoms with E-state index < -0.39 is 0 Å². The van der Waals surface area contributed by atoms with Crippen LogP contribution < -0.4 is 10.2 Å². The molecular weight excluding hydrogens is 324 g/mol. The molecule has 1 saturated heterocycles. The summed E-state index contributed by atoms with van der Waals surface area (Å²) in [5.74, 6) is 0.911. The van der Waals surface area contributed by atoms with E-state index in [1.807, 2.05) is 23.1 Å². The third-order valence-corrected chi connectivity index (χ3v) is 4.79. The van der Waals surface area contributed by atoms with Gasteiger partial charge in [-0.05, 0) is 30.7 Å². The summed E-state index contributed by atoms with van der Waals surface area (Å²) in [7, 11) is 0. The molecule has 0 unspecified atom stereocenters. The Balaban J connectivity index is 1.50. The lowest BCUT2D eigenvalue weighted by molar-refractivity contribution is 0.0746. The number of nitrogens with zero attached hydrogens (tertiary/aromatic N) is 3. The van der Waals surface area contributed by atoms with Crippen molar-refractivity contribution < 1.29 is 4.79 Å². The number of rotatable bonds is 7. The number of pyridine rings is 1. The highest BCUT2D eigenvalue weighted by molar-refractivity contribution is 5.94. The number of aromatic nitrogens is 1. The van der Waals surface area contributed by atoms with Crippen molar-refractivity contribution >= 4 is 17.4 Å². The molecule has 1 aromatic heterocycles. The Morgan fingerprint density at radius 3 is 2.46 bits per heavy atom. The van der Waals surface area contributed by atoms with Crippen molar-refractivity contribution in [3.8, 4) is 0 Å². The molecule has 138 valence electrons. The zero-order chi connectivity index (χ0) is 18.2. The highest BCUT2D eigenvalue weighted by atomic mass is 16.2. The maximum Gasteiger partial charge on any atom is 0.255 e. The van der Waals surface area contributed by atoms with Crippen LogP contribution in [-0.2, 0) is 0 Å². The summed E-state index contributed by atoms with van der Waals surface area (Å²) in [5, 5.41) is 3.31. The number of carbonyl (C=O) groups excluding carboxylic acids is 1. The summed E-state index contributed by atoms with van der Waals surface area (Å²) < 4.78 is 0. The van der Waals surface area contributed by atoms with Gasteiger partial charge in [-0.3, -0.25) is 4.79 Å². The van der Waals surface area contributed by atoms with Crippen molar-refractivity contribution in [3.05, 3.63) is 54.2 Å². The van der Waals surface area contributed by atoms with Crippen LogP contribution in [0.1, 0.15) is 36.5 Å². The first-order valence-corrected chi connectivity index (χ1v) is 9.57. The minimum absolute atomic E-state index is 0.0720. The first-order chi connectivity index (χ1) is 12.8. The second kappa shape index (κ2) is 9.22. The topological polar surface area (TPSA) is 48.5 Å². The van der Waals surface area contributed by atoms with Gasteiger partial charge in [0.2, 0.25) is 0 Å². The Hall–Kier alpha value is -2.56. The van der Waals surface area contributed by atoms with Gasteiger partial charge in [0.25, 0.3) is 5.91 Å². The zero-order valence-electron chi connectivity index (χ0n) is 15.5. The second-order valence-electron chi connectivity index (χ2n) is 6.68. The van der Waals surface area contributed by atoms with Crippen LogP contribution >= 0.6 is 0 Å². The molecule has 0 radical (unpaired) electrons. The third-order valence-electron chi connectivity index (χ3n) is 4.79. The fourth-order valence-corrected chi connectivity index (χ4v) is 3.21. The Kier molecular flexibility index (Phi) is 6.47. The van der Waals surface area contributed by atoms with E-state index >= 15 is 0 Å². The molecule has 26 heavy (non-hydrogen) atoms. The van der Waals surface area contributed by atoms with Crippen LogP contribution in [0.15, 0.2) is 48.7 Å². The molecule has 1 amide bonds. The molecule has 1 fully saturated rings. The van der Waals surface area contributed by atoms with E-state index in [9.17, 15) is 4.79 Å².